The highest BCUT2D eigenvalue weighted by Gasteiger charge is 2.20. The van der Waals surface area contributed by atoms with Crippen molar-refractivity contribution in [1.29, 1.82) is 0 Å². The van der Waals surface area contributed by atoms with Crippen LogP contribution in [-0.4, -0.2) is 0 Å². The van der Waals surface area contributed by atoms with E-state index in [1.807, 2.05) is 24.3 Å². The summed E-state index contributed by atoms with van der Waals surface area (Å²) in [5, 5.41) is 6.82. The molecule has 2 aromatic heterocycles. The minimum atomic E-state index is 0.881. The molecule has 3 heteroatoms. The van der Waals surface area contributed by atoms with E-state index >= 15 is 0 Å². The lowest BCUT2D eigenvalue weighted by Crippen LogP contribution is -2.10. The Morgan fingerprint density at radius 3 is 1.53 bits per heavy atom. The van der Waals surface area contributed by atoms with Crippen molar-refractivity contribution >= 4 is 71.7 Å². The number of benzene rings is 8. The third-order valence-corrected chi connectivity index (χ3v) is 9.68. The van der Waals surface area contributed by atoms with E-state index in [-0.39, 0.29) is 0 Å². The van der Waals surface area contributed by atoms with Crippen LogP contribution < -0.4 is 4.90 Å². The molecule has 0 aliphatic heterocycles. The van der Waals surface area contributed by atoms with Gasteiger partial charge >= 0.3 is 0 Å². The van der Waals surface area contributed by atoms with E-state index in [0.29, 0.717) is 0 Å². The highest BCUT2D eigenvalue weighted by Crippen LogP contribution is 2.44. The maximum atomic E-state index is 6.22. The highest BCUT2D eigenvalue weighted by atomic mass is 16.3. The molecule has 0 unspecified atom stereocenters. The number of para-hydroxylation sites is 2. The molecule has 0 amide bonds. The van der Waals surface area contributed by atoms with Gasteiger partial charge in [-0.05, 0) is 88.3 Å². The van der Waals surface area contributed by atoms with Crippen LogP contribution in [0.25, 0.3) is 76.9 Å². The molecule has 8 aromatic carbocycles. The average Bonchev–Trinajstić information content (AvgIpc) is 3.73. The maximum Gasteiger partial charge on any atom is 0.135 e. The lowest BCUT2D eigenvalue weighted by molar-refractivity contribution is 0.668. The van der Waals surface area contributed by atoms with Crippen molar-refractivity contribution in [2.45, 2.75) is 0 Å². The molecule has 10 rings (SSSR count). The Balaban J connectivity index is 1.18. The van der Waals surface area contributed by atoms with Crippen LogP contribution >= 0.6 is 0 Å². The van der Waals surface area contributed by atoms with Crippen LogP contribution in [0.3, 0.4) is 0 Å². The van der Waals surface area contributed by atoms with Crippen molar-refractivity contribution in [3.05, 3.63) is 176 Å². The second-order valence-corrected chi connectivity index (χ2v) is 12.5. The predicted molar refractivity (Wildman–Crippen MR) is 204 cm³/mol. The molecule has 0 atom stereocenters. The normalized spacial score (nSPS) is 11.7. The number of anilines is 3. The van der Waals surface area contributed by atoms with Gasteiger partial charge in [-0.2, -0.15) is 0 Å². The molecule has 0 aliphatic rings. The molecular formula is C46H29NO2. The number of hydrogen-bond acceptors (Lipinski definition) is 3. The molecule has 0 aliphatic carbocycles. The first-order valence-corrected chi connectivity index (χ1v) is 16.6. The minimum absolute atomic E-state index is 0.881. The van der Waals surface area contributed by atoms with Crippen molar-refractivity contribution in [2.24, 2.45) is 0 Å². The fourth-order valence-corrected chi connectivity index (χ4v) is 7.34. The monoisotopic (exact) mass is 627 g/mol. The van der Waals surface area contributed by atoms with Gasteiger partial charge in [0.1, 0.15) is 22.3 Å². The van der Waals surface area contributed by atoms with E-state index < -0.39 is 0 Å². The summed E-state index contributed by atoms with van der Waals surface area (Å²) >= 11 is 0. The van der Waals surface area contributed by atoms with Crippen LogP contribution in [0.5, 0.6) is 0 Å². The van der Waals surface area contributed by atoms with Crippen LogP contribution in [0.2, 0.25) is 0 Å². The van der Waals surface area contributed by atoms with Gasteiger partial charge in [-0.1, -0.05) is 115 Å². The van der Waals surface area contributed by atoms with E-state index in [0.717, 1.165) is 66.5 Å². The number of nitrogens with zero attached hydrogens (tertiary/aromatic N) is 1. The Bertz CT molecular complexity index is 2830. The van der Waals surface area contributed by atoms with Crippen LogP contribution in [0.4, 0.5) is 17.1 Å². The first-order chi connectivity index (χ1) is 24.3. The summed E-state index contributed by atoms with van der Waals surface area (Å²) in [6.07, 6.45) is 0. The average molecular weight is 628 g/mol. The van der Waals surface area contributed by atoms with E-state index in [9.17, 15) is 0 Å². The molecule has 0 saturated carbocycles. The molecule has 49 heavy (non-hydrogen) atoms. The van der Waals surface area contributed by atoms with Crippen LogP contribution in [0, 0.1) is 0 Å². The smallest absolute Gasteiger partial charge is 0.135 e. The molecule has 0 N–H and O–H groups in total. The summed E-state index contributed by atoms with van der Waals surface area (Å²) in [4.78, 5) is 2.37. The van der Waals surface area contributed by atoms with Gasteiger partial charge in [0.25, 0.3) is 0 Å². The van der Waals surface area contributed by atoms with Gasteiger partial charge in [0, 0.05) is 38.3 Å². The quantitative estimate of drug-likeness (QED) is 0.190. The first-order valence-electron chi connectivity index (χ1n) is 16.6. The van der Waals surface area contributed by atoms with Crippen molar-refractivity contribution in [2.75, 3.05) is 4.90 Å². The van der Waals surface area contributed by atoms with Gasteiger partial charge in [-0.3, -0.25) is 0 Å². The molecule has 0 spiro atoms. The summed E-state index contributed by atoms with van der Waals surface area (Å²) in [6, 6.07) is 62.2. The molecule has 2 heterocycles. The minimum Gasteiger partial charge on any atom is -0.456 e. The lowest BCUT2D eigenvalue weighted by atomic mass is 9.95. The fraction of sp³-hybridized carbons (Fsp3) is 0. The Hall–Kier alpha value is -6.58. The molecular weight excluding hydrogens is 599 g/mol. The van der Waals surface area contributed by atoms with E-state index in [4.69, 9.17) is 8.83 Å². The second-order valence-electron chi connectivity index (χ2n) is 12.5. The Morgan fingerprint density at radius 1 is 0.306 bits per heavy atom. The topological polar surface area (TPSA) is 29.5 Å². The number of fused-ring (bicyclic) bond motifs is 7. The standard InChI is InChI=1S/C46H29NO2/c1-2-10-30(11-3-1)31-18-21-33(22-19-31)47(34-23-27-46-41(29-34)39-15-7-9-17-44(39)49-46)42-25-24-35(36-12-4-5-13-37(36)42)32-20-26-45-40(28-32)38-14-6-8-16-43(38)48-45/h1-29H. The number of rotatable bonds is 5. The summed E-state index contributed by atoms with van der Waals surface area (Å²) in [5.41, 5.74) is 11.6. The zero-order valence-electron chi connectivity index (χ0n) is 26.5. The molecule has 0 fully saturated rings. The third-order valence-electron chi connectivity index (χ3n) is 9.68. The summed E-state index contributed by atoms with van der Waals surface area (Å²) in [6.45, 7) is 0. The molecule has 0 saturated heterocycles. The van der Waals surface area contributed by atoms with Crippen molar-refractivity contribution in [1.82, 2.24) is 0 Å². The molecule has 0 bridgehead atoms. The SMILES string of the molecule is c1ccc(-c2ccc(N(c3ccc4oc5ccccc5c4c3)c3ccc(-c4ccc5oc6ccccc6c5c4)c4ccccc34)cc2)cc1. The Kier molecular flexibility index (Phi) is 6.18. The summed E-state index contributed by atoms with van der Waals surface area (Å²) in [7, 11) is 0. The number of hydrogen-bond donors (Lipinski definition) is 0. The van der Waals surface area contributed by atoms with Crippen LogP contribution in [-0.2, 0) is 0 Å². The zero-order chi connectivity index (χ0) is 32.3. The molecule has 0 radical (unpaired) electrons. The predicted octanol–water partition coefficient (Wildman–Crippen LogP) is 13.4. The molecule has 3 nitrogen and oxygen atoms in total. The maximum absolute atomic E-state index is 6.22. The van der Waals surface area contributed by atoms with Crippen molar-refractivity contribution < 1.29 is 8.83 Å². The van der Waals surface area contributed by atoms with Gasteiger partial charge in [-0.15, -0.1) is 0 Å². The van der Waals surface area contributed by atoms with Crippen LogP contribution in [0.1, 0.15) is 0 Å². The third kappa shape index (κ3) is 4.51. The fourth-order valence-electron chi connectivity index (χ4n) is 7.34. The van der Waals surface area contributed by atoms with Crippen molar-refractivity contribution in [3.63, 3.8) is 0 Å². The lowest BCUT2D eigenvalue weighted by Gasteiger charge is -2.28. The van der Waals surface area contributed by atoms with Gasteiger partial charge < -0.3 is 13.7 Å². The second kappa shape index (κ2) is 11.0. The van der Waals surface area contributed by atoms with Gasteiger partial charge in [0.05, 0.1) is 5.69 Å². The largest absolute Gasteiger partial charge is 0.456 e. The molecule has 230 valence electrons. The van der Waals surface area contributed by atoms with E-state index in [2.05, 4.69) is 157 Å². The molecule has 10 aromatic rings. The summed E-state index contributed by atoms with van der Waals surface area (Å²) in [5.74, 6) is 0. The summed E-state index contributed by atoms with van der Waals surface area (Å²) < 4.78 is 12.4. The van der Waals surface area contributed by atoms with Gasteiger partial charge in [0.2, 0.25) is 0 Å². The zero-order valence-corrected chi connectivity index (χ0v) is 26.5. The first kappa shape index (κ1) is 27.5. The Morgan fingerprint density at radius 2 is 0.816 bits per heavy atom. The van der Waals surface area contributed by atoms with Gasteiger partial charge in [-0.25, -0.2) is 0 Å². The Labute approximate surface area is 282 Å². The van der Waals surface area contributed by atoms with E-state index in [1.165, 1.54) is 27.5 Å². The van der Waals surface area contributed by atoms with E-state index in [1.54, 1.807) is 0 Å². The number of furan rings is 2. The van der Waals surface area contributed by atoms with Crippen LogP contribution in [0.15, 0.2) is 185 Å². The highest BCUT2D eigenvalue weighted by molar-refractivity contribution is 6.11. The van der Waals surface area contributed by atoms with Gasteiger partial charge in [0.15, 0.2) is 0 Å². The van der Waals surface area contributed by atoms with Crippen molar-refractivity contribution in [3.8, 4) is 22.3 Å².